The first-order valence-corrected chi connectivity index (χ1v) is 9.43. The van der Waals surface area contributed by atoms with Crippen molar-refractivity contribution in [3.63, 3.8) is 0 Å². The first-order valence-electron chi connectivity index (χ1n) is 9.43. The summed E-state index contributed by atoms with van der Waals surface area (Å²) in [4.78, 5) is 12.9. The Kier molecular flexibility index (Phi) is 5.71. The molecule has 0 aliphatic carbocycles. The molecule has 0 saturated carbocycles. The highest BCUT2D eigenvalue weighted by Crippen LogP contribution is 2.18. The first kappa shape index (κ1) is 19.2. The van der Waals surface area contributed by atoms with Crippen molar-refractivity contribution in [2.24, 2.45) is 0 Å². The summed E-state index contributed by atoms with van der Waals surface area (Å²) in [5.74, 6) is -0.674. The van der Waals surface area contributed by atoms with E-state index in [0.717, 1.165) is 11.1 Å². The Balaban J connectivity index is 1.73. The van der Waals surface area contributed by atoms with Crippen LogP contribution in [0.2, 0.25) is 0 Å². The molecule has 0 bridgehead atoms. The lowest BCUT2D eigenvalue weighted by atomic mass is 10.1. The molecule has 4 nitrogen and oxygen atoms in total. The van der Waals surface area contributed by atoms with Crippen LogP contribution in [0.5, 0.6) is 0 Å². The second-order valence-corrected chi connectivity index (χ2v) is 6.57. The third kappa shape index (κ3) is 4.47. The number of hydrogen-bond acceptors (Lipinski definition) is 3. The summed E-state index contributed by atoms with van der Waals surface area (Å²) in [7, 11) is 0. The normalized spacial score (nSPS) is 11.4. The van der Waals surface area contributed by atoms with Crippen molar-refractivity contribution in [3.8, 4) is 5.69 Å². The van der Waals surface area contributed by atoms with Gasteiger partial charge in [-0.05, 0) is 41.5 Å². The molecule has 0 atom stereocenters. The maximum absolute atomic E-state index is 13.8. The second-order valence-electron chi connectivity index (χ2n) is 6.57. The molecule has 1 aromatic heterocycles. The highest BCUT2D eigenvalue weighted by molar-refractivity contribution is 6.07. The van der Waals surface area contributed by atoms with Gasteiger partial charge >= 0.3 is 0 Å². The molecule has 4 aromatic rings. The molecule has 0 amide bonds. The van der Waals surface area contributed by atoms with E-state index in [1.54, 1.807) is 24.3 Å². The number of allylic oxidation sites excluding steroid dienone is 1. The van der Waals surface area contributed by atoms with Crippen molar-refractivity contribution < 1.29 is 9.18 Å². The molecule has 5 heteroatoms. The van der Waals surface area contributed by atoms with Crippen LogP contribution >= 0.6 is 0 Å². The summed E-state index contributed by atoms with van der Waals surface area (Å²) in [6, 6.07) is 25.2. The van der Waals surface area contributed by atoms with E-state index in [9.17, 15) is 9.18 Å². The number of carbonyl (C=O) groups excluding carboxylic acids is 1. The Morgan fingerprint density at radius 2 is 1.47 bits per heavy atom. The molecule has 0 aliphatic rings. The fourth-order valence-corrected chi connectivity index (χ4v) is 2.97. The van der Waals surface area contributed by atoms with Gasteiger partial charge in [0.2, 0.25) is 5.78 Å². The van der Waals surface area contributed by atoms with Crippen LogP contribution in [0.1, 0.15) is 27.3 Å². The predicted molar refractivity (Wildman–Crippen MR) is 116 cm³/mol. The van der Waals surface area contributed by atoms with Crippen LogP contribution < -0.4 is 0 Å². The molecule has 146 valence electrons. The zero-order valence-electron chi connectivity index (χ0n) is 16.0. The van der Waals surface area contributed by atoms with Gasteiger partial charge in [-0.3, -0.25) is 4.79 Å². The molecule has 0 unspecified atom stereocenters. The topological polar surface area (TPSA) is 47.8 Å². The van der Waals surface area contributed by atoms with E-state index in [1.807, 2.05) is 66.7 Å². The zero-order chi connectivity index (χ0) is 20.8. The van der Waals surface area contributed by atoms with Gasteiger partial charge in [-0.2, -0.15) is 0 Å². The van der Waals surface area contributed by atoms with Crippen LogP contribution in [0, 0.1) is 5.82 Å². The third-order valence-corrected chi connectivity index (χ3v) is 4.45. The van der Waals surface area contributed by atoms with E-state index in [2.05, 4.69) is 10.3 Å². The number of nitrogens with zero attached hydrogens (tertiary/aromatic N) is 3. The van der Waals surface area contributed by atoms with Gasteiger partial charge in [-0.25, -0.2) is 9.07 Å². The Morgan fingerprint density at radius 1 is 0.800 bits per heavy atom. The minimum atomic E-state index is -0.391. The van der Waals surface area contributed by atoms with E-state index in [-0.39, 0.29) is 11.5 Å². The molecule has 0 aliphatic heterocycles. The Labute approximate surface area is 173 Å². The Bertz CT molecular complexity index is 1210. The minimum absolute atomic E-state index is 0.193. The van der Waals surface area contributed by atoms with E-state index in [4.69, 9.17) is 0 Å². The van der Waals surface area contributed by atoms with E-state index >= 15 is 0 Å². The van der Waals surface area contributed by atoms with Crippen molar-refractivity contribution in [3.05, 3.63) is 119 Å². The summed E-state index contributed by atoms with van der Waals surface area (Å²) < 4.78 is 15.2. The number of hydrogen-bond donors (Lipinski definition) is 0. The summed E-state index contributed by atoms with van der Waals surface area (Å²) in [5, 5.41) is 8.20. The lowest BCUT2D eigenvalue weighted by molar-refractivity contribution is 0.104. The minimum Gasteiger partial charge on any atom is -0.287 e. The first-order chi connectivity index (χ1) is 14.7. The molecule has 0 spiro atoms. The van der Waals surface area contributed by atoms with Gasteiger partial charge in [0.25, 0.3) is 0 Å². The third-order valence-electron chi connectivity index (χ3n) is 4.45. The van der Waals surface area contributed by atoms with Gasteiger partial charge in [0.05, 0.1) is 11.4 Å². The number of carbonyl (C=O) groups is 1. The molecule has 30 heavy (non-hydrogen) atoms. The smallest absolute Gasteiger partial charge is 0.208 e. The molecule has 3 aromatic carbocycles. The van der Waals surface area contributed by atoms with Gasteiger partial charge in [0.1, 0.15) is 5.82 Å². The van der Waals surface area contributed by atoms with Crippen LogP contribution in [-0.2, 0) is 0 Å². The predicted octanol–water partition coefficient (Wildman–Crippen LogP) is 5.47. The van der Waals surface area contributed by atoms with Crippen molar-refractivity contribution >= 4 is 24.0 Å². The molecule has 0 N–H and O–H groups in total. The summed E-state index contributed by atoms with van der Waals surface area (Å²) >= 11 is 0. The average molecular weight is 395 g/mol. The highest BCUT2D eigenvalue weighted by atomic mass is 19.1. The van der Waals surface area contributed by atoms with E-state index in [0.29, 0.717) is 11.4 Å². The van der Waals surface area contributed by atoms with Crippen LogP contribution in [0.3, 0.4) is 0 Å². The van der Waals surface area contributed by atoms with E-state index in [1.165, 1.54) is 22.9 Å². The molecular formula is C25H18FN3O. The number of aromatic nitrogens is 3. The van der Waals surface area contributed by atoms with Gasteiger partial charge < -0.3 is 0 Å². The number of halogens is 1. The molecule has 4 rings (SSSR count). The molecule has 0 saturated heterocycles. The number of rotatable bonds is 6. The maximum atomic E-state index is 13.8. The van der Waals surface area contributed by atoms with Gasteiger partial charge in [0, 0.05) is 0 Å². The van der Waals surface area contributed by atoms with Crippen LogP contribution in [0.15, 0.2) is 91.0 Å². The summed E-state index contributed by atoms with van der Waals surface area (Å²) in [6.45, 7) is 0. The lowest BCUT2D eigenvalue weighted by Crippen LogP contribution is -2.02. The zero-order valence-corrected chi connectivity index (χ0v) is 16.0. The fourth-order valence-electron chi connectivity index (χ4n) is 2.97. The van der Waals surface area contributed by atoms with Crippen LogP contribution in [-0.4, -0.2) is 20.8 Å². The van der Waals surface area contributed by atoms with Gasteiger partial charge in [0.15, 0.2) is 5.69 Å². The van der Waals surface area contributed by atoms with Crippen molar-refractivity contribution in [2.75, 3.05) is 0 Å². The lowest BCUT2D eigenvalue weighted by Gasteiger charge is -2.04. The molecule has 0 fully saturated rings. The van der Waals surface area contributed by atoms with Crippen LogP contribution in [0.25, 0.3) is 23.9 Å². The van der Waals surface area contributed by atoms with Gasteiger partial charge in [-0.15, -0.1) is 5.10 Å². The largest absolute Gasteiger partial charge is 0.287 e. The Hall–Kier alpha value is -4.12. The number of benzene rings is 3. The summed E-state index contributed by atoms with van der Waals surface area (Å²) in [5.41, 5.74) is 3.03. The second kappa shape index (κ2) is 8.92. The fraction of sp³-hybridized carbons (Fsp3) is 0. The monoisotopic (exact) mass is 395 g/mol. The quantitative estimate of drug-likeness (QED) is 0.321. The van der Waals surface area contributed by atoms with Gasteiger partial charge in [-0.1, -0.05) is 84.1 Å². The standard InChI is InChI=1S/C25H18FN3O/c26-21-12-7-13-22(18-21)29-23(16-14-19-8-3-1-4-9-19)25(27-28-29)24(30)17-15-20-10-5-2-6-11-20/h1-18H/b16-14+,17-15+. The Morgan fingerprint density at radius 3 is 2.13 bits per heavy atom. The molecule has 0 radical (unpaired) electrons. The maximum Gasteiger partial charge on any atom is 0.208 e. The van der Waals surface area contributed by atoms with Crippen LogP contribution in [0.4, 0.5) is 4.39 Å². The molecular weight excluding hydrogens is 377 g/mol. The van der Waals surface area contributed by atoms with Crippen molar-refractivity contribution in [1.29, 1.82) is 0 Å². The number of ketones is 1. The highest BCUT2D eigenvalue weighted by Gasteiger charge is 2.17. The summed E-state index contributed by atoms with van der Waals surface area (Å²) in [6.07, 6.45) is 6.83. The SMILES string of the molecule is O=C(/C=C/c1ccccc1)c1nnn(-c2cccc(F)c2)c1/C=C/c1ccccc1. The van der Waals surface area contributed by atoms with Crippen molar-refractivity contribution in [1.82, 2.24) is 15.0 Å². The van der Waals surface area contributed by atoms with Crippen molar-refractivity contribution in [2.45, 2.75) is 0 Å². The average Bonchev–Trinajstić information content (AvgIpc) is 3.21. The van der Waals surface area contributed by atoms with E-state index < -0.39 is 5.82 Å². The molecule has 1 heterocycles.